The number of para-hydroxylation sites is 1. The summed E-state index contributed by atoms with van der Waals surface area (Å²) in [5.74, 6) is -0.155. The summed E-state index contributed by atoms with van der Waals surface area (Å²) >= 11 is 0. The molecular formula is C18H27NO3. The third-order valence-corrected chi connectivity index (χ3v) is 4.24. The van der Waals surface area contributed by atoms with E-state index < -0.39 is 12.2 Å². The number of rotatable bonds is 5. The summed E-state index contributed by atoms with van der Waals surface area (Å²) < 4.78 is 5.93. The van der Waals surface area contributed by atoms with Gasteiger partial charge in [-0.3, -0.25) is 4.79 Å². The minimum Gasteiger partial charge on any atom is -0.389 e. The number of amides is 1. The average molecular weight is 305 g/mol. The number of nitrogens with one attached hydrogen (secondary N) is 1. The maximum Gasteiger partial charge on any atom is 0.253 e. The predicted octanol–water partition coefficient (Wildman–Crippen LogP) is 3.81. The van der Waals surface area contributed by atoms with Crippen LogP contribution in [-0.4, -0.2) is 23.2 Å². The van der Waals surface area contributed by atoms with Gasteiger partial charge in [-0.15, -0.1) is 0 Å². The second-order valence-corrected chi connectivity index (χ2v) is 6.14. The van der Waals surface area contributed by atoms with E-state index in [0.717, 1.165) is 18.4 Å². The van der Waals surface area contributed by atoms with Gasteiger partial charge in [0.2, 0.25) is 0 Å². The Morgan fingerprint density at radius 1 is 1.18 bits per heavy atom. The van der Waals surface area contributed by atoms with Gasteiger partial charge in [0, 0.05) is 11.3 Å². The summed E-state index contributed by atoms with van der Waals surface area (Å²) in [6.07, 6.45) is 6.08. The van der Waals surface area contributed by atoms with Gasteiger partial charge in [-0.05, 0) is 32.8 Å². The molecule has 1 aromatic rings. The van der Waals surface area contributed by atoms with Gasteiger partial charge in [0.25, 0.3) is 5.91 Å². The van der Waals surface area contributed by atoms with Crippen LogP contribution in [0.5, 0.6) is 0 Å². The quantitative estimate of drug-likeness (QED) is 0.813. The van der Waals surface area contributed by atoms with Crippen molar-refractivity contribution >= 4 is 11.6 Å². The summed E-state index contributed by atoms with van der Waals surface area (Å²) in [5, 5.41) is 12.6. The number of hydrogen-bond donors (Lipinski definition) is 2. The van der Waals surface area contributed by atoms with Gasteiger partial charge >= 0.3 is 0 Å². The van der Waals surface area contributed by atoms with Gasteiger partial charge in [0.05, 0.1) is 12.2 Å². The maximum atomic E-state index is 12.3. The highest BCUT2D eigenvalue weighted by molar-refractivity contribution is 5.94. The molecule has 2 atom stereocenters. The van der Waals surface area contributed by atoms with Crippen LogP contribution in [0.3, 0.4) is 0 Å². The third-order valence-electron chi connectivity index (χ3n) is 4.24. The van der Waals surface area contributed by atoms with Crippen LogP contribution < -0.4 is 5.32 Å². The molecule has 0 radical (unpaired) electrons. The van der Waals surface area contributed by atoms with E-state index in [2.05, 4.69) is 5.32 Å². The Bertz CT molecular complexity index is 479. The van der Waals surface area contributed by atoms with Crippen LogP contribution in [0.1, 0.15) is 64.0 Å². The lowest BCUT2D eigenvalue weighted by atomic mass is 10.1. The Kier molecular flexibility index (Phi) is 6.40. The predicted molar refractivity (Wildman–Crippen MR) is 87.7 cm³/mol. The maximum absolute atomic E-state index is 12.3. The monoisotopic (exact) mass is 305 g/mol. The number of aliphatic hydroxyl groups excluding tert-OH is 1. The number of carbonyl (C=O) groups is 1. The summed E-state index contributed by atoms with van der Waals surface area (Å²) in [6.45, 7) is 3.49. The smallest absolute Gasteiger partial charge is 0.253 e. The number of hydrogen-bond acceptors (Lipinski definition) is 3. The van der Waals surface area contributed by atoms with E-state index in [1.165, 1.54) is 25.7 Å². The Hall–Kier alpha value is -1.39. The molecule has 0 aromatic heterocycles. The zero-order chi connectivity index (χ0) is 15.9. The molecule has 0 saturated heterocycles. The molecule has 2 unspecified atom stereocenters. The minimum atomic E-state index is -0.616. The molecule has 1 aromatic carbocycles. The Morgan fingerprint density at radius 2 is 1.82 bits per heavy atom. The summed E-state index contributed by atoms with van der Waals surface area (Å²) in [7, 11) is 0. The van der Waals surface area contributed by atoms with Crippen LogP contribution >= 0.6 is 0 Å². The summed E-state index contributed by atoms with van der Waals surface area (Å²) in [5.41, 5.74) is 1.37. The molecule has 4 heteroatoms. The molecular weight excluding hydrogens is 278 g/mol. The molecule has 1 aliphatic rings. The van der Waals surface area contributed by atoms with Crippen molar-refractivity contribution in [1.29, 1.82) is 0 Å². The van der Waals surface area contributed by atoms with Crippen molar-refractivity contribution in [2.75, 3.05) is 5.32 Å². The first-order valence-corrected chi connectivity index (χ1v) is 8.31. The van der Waals surface area contributed by atoms with Crippen LogP contribution in [0.4, 0.5) is 5.69 Å². The molecule has 1 fully saturated rings. The Labute approximate surface area is 132 Å². The van der Waals surface area contributed by atoms with E-state index in [1.807, 2.05) is 18.2 Å². The van der Waals surface area contributed by atoms with E-state index in [9.17, 15) is 9.90 Å². The van der Waals surface area contributed by atoms with Gasteiger partial charge in [-0.1, -0.05) is 43.9 Å². The van der Waals surface area contributed by atoms with Crippen LogP contribution in [0.15, 0.2) is 24.3 Å². The number of benzene rings is 1. The normalized spacial score (nSPS) is 19.2. The van der Waals surface area contributed by atoms with Crippen molar-refractivity contribution in [3.05, 3.63) is 29.8 Å². The second-order valence-electron chi connectivity index (χ2n) is 6.14. The second kappa shape index (κ2) is 8.30. The fraction of sp³-hybridized carbons (Fsp3) is 0.611. The topological polar surface area (TPSA) is 58.6 Å². The number of aliphatic hydroxyl groups is 1. The zero-order valence-corrected chi connectivity index (χ0v) is 13.5. The van der Waals surface area contributed by atoms with Crippen LogP contribution in [0.25, 0.3) is 0 Å². The lowest BCUT2D eigenvalue weighted by Gasteiger charge is -2.21. The van der Waals surface area contributed by atoms with Crippen molar-refractivity contribution in [2.24, 2.45) is 0 Å². The van der Waals surface area contributed by atoms with Crippen LogP contribution in [-0.2, 0) is 9.53 Å². The average Bonchev–Trinajstić information content (AvgIpc) is 2.76. The van der Waals surface area contributed by atoms with Crippen LogP contribution in [0, 0.1) is 0 Å². The van der Waals surface area contributed by atoms with Crippen molar-refractivity contribution in [1.82, 2.24) is 0 Å². The van der Waals surface area contributed by atoms with Gasteiger partial charge in [-0.25, -0.2) is 0 Å². The Balaban J connectivity index is 1.93. The van der Waals surface area contributed by atoms with Crippen molar-refractivity contribution in [3.63, 3.8) is 0 Å². The number of carbonyl (C=O) groups excluding carboxylic acids is 1. The molecule has 2 N–H and O–H groups in total. The molecule has 22 heavy (non-hydrogen) atoms. The Morgan fingerprint density at radius 3 is 2.45 bits per heavy atom. The fourth-order valence-electron chi connectivity index (χ4n) is 2.94. The molecule has 0 bridgehead atoms. The first-order chi connectivity index (χ1) is 10.6. The van der Waals surface area contributed by atoms with Crippen molar-refractivity contribution < 1.29 is 14.6 Å². The van der Waals surface area contributed by atoms with Crippen molar-refractivity contribution in [3.8, 4) is 0 Å². The van der Waals surface area contributed by atoms with E-state index in [-0.39, 0.29) is 12.0 Å². The highest BCUT2D eigenvalue weighted by Gasteiger charge is 2.21. The molecule has 1 amide bonds. The molecule has 2 rings (SSSR count). The first-order valence-electron chi connectivity index (χ1n) is 8.31. The molecule has 1 aliphatic carbocycles. The van der Waals surface area contributed by atoms with Crippen molar-refractivity contribution in [2.45, 2.75) is 70.7 Å². The highest BCUT2D eigenvalue weighted by atomic mass is 16.5. The molecule has 122 valence electrons. The van der Waals surface area contributed by atoms with Gasteiger partial charge in [0.1, 0.15) is 6.10 Å². The van der Waals surface area contributed by atoms with E-state index >= 15 is 0 Å². The summed E-state index contributed by atoms with van der Waals surface area (Å²) in [6, 6.07) is 7.32. The molecule has 1 saturated carbocycles. The largest absolute Gasteiger partial charge is 0.389 e. The lowest BCUT2D eigenvalue weighted by molar-refractivity contribution is -0.130. The van der Waals surface area contributed by atoms with Crippen LogP contribution in [0.2, 0.25) is 0 Å². The third kappa shape index (κ3) is 4.82. The number of anilines is 1. The van der Waals surface area contributed by atoms with Gasteiger partial charge < -0.3 is 15.2 Å². The standard InChI is InChI=1S/C18H27NO3/c1-13(20)16-11-7-8-12-17(16)19-18(21)14(2)22-15-9-5-3-4-6-10-15/h7-8,11-15,20H,3-6,9-10H2,1-2H3,(H,19,21). The van der Waals surface area contributed by atoms with Gasteiger partial charge in [0.15, 0.2) is 0 Å². The van der Waals surface area contributed by atoms with E-state index in [4.69, 9.17) is 4.74 Å². The van der Waals surface area contributed by atoms with Gasteiger partial charge in [-0.2, -0.15) is 0 Å². The number of ether oxygens (including phenoxy) is 1. The molecule has 4 nitrogen and oxygen atoms in total. The first kappa shape index (κ1) is 17.0. The summed E-state index contributed by atoms with van der Waals surface area (Å²) in [4.78, 5) is 12.3. The highest BCUT2D eigenvalue weighted by Crippen LogP contribution is 2.24. The fourth-order valence-corrected chi connectivity index (χ4v) is 2.94. The molecule has 0 spiro atoms. The molecule has 0 aliphatic heterocycles. The SMILES string of the molecule is CC(OC1CCCCCC1)C(=O)Nc1ccccc1C(C)O. The minimum absolute atomic E-state index is 0.155. The van der Waals surface area contributed by atoms with E-state index in [0.29, 0.717) is 5.69 Å². The zero-order valence-electron chi connectivity index (χ0n) is 13.5. The molecule has 0 heterocycles. The lowest BCUT2D eigenvalue weighted by Crippen LogP contribution is -2.32. The van der Waals surface area contributed by atoms with E-state index in [1.54, 1.807) is 19.9 Å².